The number of hydrogen-bond donors (Lipinski definition) is 2. The fourth-order valence-electron chi connectivity index (χ4n) is 4.02. The molecule has 1 saturated carbocycles. The average molecular weight is 375 g/mol. The Hall–Kier alpha value is -2.96. The fraction of sp³-hybridized carbons (Fsp3) is 0.429. The molecule has 4 heterocycles. The van der Waals surface area contributed by atoms with Crippen LogP contribution in [0.4, 0.5) is 5.95 Å². The summed E-state index contributed by atoms with van der Waals surface area (Å²) in [4.78, 5) is 21.7. The molecule has 0 aliphatic heterocycles. The summed E-state index contributed by atoms with van der Waals surface area (Å²) < 4.78 is 2.22. The van der Waals surface area contributed by atoms with Crippen molar-refractivity contribution in [3.63, 3.8) is 0 Å². The number of fused-ring (bicyclic) bond motifs is 2. The largest absolute Gasteiger partial charge is 0.351 e. The molecule has 144 valence electrons. The Morgan fingerprint density at radius 2 is 1.96 bits per heavy atom. The summed E-state index contributed by atoms with van der Waals surface area (Å²) in [5.41, 5.74) is 4.77. The lowest BCUT2D eigenvalue weighted by Crippen LogP contribution is -2.18. The molecule has 2 N–H and O–H groups in total. The molecule has 0 amide bonds. The van der Waals surface area contributed by atoms with Crippen LogP contribution in [0.15, 0.2) is 24.7 Å². The van der Waals surface area contributed by atoms with Crippen molar-refractivity contribution in [1.82, 2.24) is 29.5 Å². The number of aryl methyl sites for hydroxylation is 1. The van der Waals surface area contributed by atoms with Gasteiger partial charge in [0.1, 0.15) is 11.5 Å². The van der Waals surface area contributed by atoms with E-state index in [2.05, 4.69) is 61.6 Å². The van der Waals surface area contributed by atoms with Crippen LogP contribution in [0.3, 0.4) is 0 Å². The van der Waals surface area contributed by atoms with Crippen molar-refractivity contribution in [2.24, 2.45) is 5.92 Å². The van der Waals surface area contributed by atoms with Crippen LogP contribution in [0.1, 0.15) is 45.5 Å². The Kier molecular flexibility index (Phi) is 3.86. The molecular formula is C21H25N7. The summed E-state index contributed by atoms with van der Waals surface area (Å²) in [5, 5.41) is 4.42. The van der Waals surface area contributed by atoms with Gasteiger partial charge in [-0.15, -0.1) is 0 Å². The Morgan fingerprint density at radius 1 is 1.14 bits per heavy atom. The van der Waals surface area contributed by atoms with Gasteiger partial charge in [0.25, 0.3) is 0 Å². The number of pyridine rings is 1. The first-order valence-corrected chi connectivity index (χ1v) is 9.97. The van der Waals surface area contributed by atoms with Crippen molar-refractivity contribution in [3.05, 3.63) is 30.5 Å². The van der Waals surface area contributed by atoms with Gasteiger partial charge < -0.3 is 14.9 Å². The van der Waals surface area contributed by atoms with Crippen LogP contribution in [0.25, 0.3) is 33.3 Å². The van der Waals surface area contributed by atoms with Crippen LogP contribution in [0, 0.1) is 12.8 Å². The minimum absolute atomic E-state index is 0.329. The number of anilines is 1. The van der Waals surface area contributed by atoms with E-state index in [9.17, 15) is 0 Å². The molecular weight excluding hydrogens is 350 g/mol. The van der Waals surface area contributed by atoms with E-state index in [1.807, 2.05) is 25.5 Å². The Morgan fingerprint density at radius 3 is 2.71 bits per heavy atom. The van der Waals surface area contributed by atoms with Gasteiger partial charge in [0.05, 0.1) is 5.52 Å². The van der Waals surface area contributed by atoms with E-state index in [1.165, 1.54) is 12.8 Å². The van der Waals surface area contributed by atoms with Crippen molar-refractivity contribution in [3.8, 4) is 11.1 Å². The normalized spacial score (nSPS) is 15.6. The second kappa shape index (κ2) is 6.29. The van der Waals surface area contributed by atoms with Crippen LogP contribution < -0.4 is 5.32 Å². The van der Waals surface area contributed by atoms with Crippen molar-refractivity contribution in [1.29, 1.82) is 0 Å². The number of H-pyrrole nitrogens is 1. The predicted octanol–water partition coefficient (Wildman–Crippen LogP) is 4.47. The molecule has 1 atom stereocenters. The second-order valence-electron chi connectivity index (χ2n) is 8.12. The summed E-state index contributed by atoms with van der Waals surface area (Å²) in [6.07, 6.45) is 8.35. The molecule has 7 nitrogen and oxygen atoms in total. The van der Waals surface area contributed by atoms with Crippen LogP contribution in [-0.2, 0) is 0 Å². The number of rotatable bonds is 5. The summed E-state index contributed by atoms with van der Waals surface area (Å²) in [5.74, 6) is 2.42. The molecule has 1 unspecified atom stereocenters. The molecule has 1 aliphatic carbocycles. The third-order valence-corrected chi connectivity index (χ3v) is 5.67. The zero-order valence-electron chi connectivity index (χ0n) is 16.7. The van der Waals surface area contributed by atoms with Crippen molar-refractivity contribution in [2.75, 3.05) is 5.32 Å². The van der Waals surface area contributed by atoms with Gasteiger partial charge in [-0.2, -0.15) is 4.98 Å². The third-order valence-electron chi connectivity index (χ3n) is 5.67. The van der Waals surface area contributed by atoms with Crippen molar-refractivity contribution >= 4 is 28.1 Å². The highest BCUT2D eigenvalue weighted by atomic mass is 15.1. The number of imidazole rings is 1. The molecule has 4 aromatic rings. The predicted molar refractivity (Wildman–Crippen MR) is 111 cm³/mol. The van der Waals surface area contributed by atoms with Gasteiger partial charge in [0, 0.05) is 47.2 Å². The van der Waals surface area contributed by atoms with Gasteiger partial charge in [-0.3, -0.25) is 0 Å². The molecule has 0 radical (unpaired) electrons. The Bertz CT molecular complexity index is 1170. The van der Waals surface area contributed by atoms with Crippen LogP contribution in [-0.4, -0.2) is 35.5 Å². The number of nitrogens with zero attached hydrogens (tertiary/aromatic N) is 5. The Labute approximate surface area is 163 Å². The summed E-state index contributed by atoms with van der Waals surface area (Å²) >= 11 is 0. The fourth-order valence-corrected chi connectivity index (χ4v) is 4.02. The number of aromatic amines is 1. The third kappa shape index (κ3) is 2.82. The molecule has 1 aliphatic rings. The van der Waals surface area contributed by atoms with E-state index >= 15 is 0 Å². The molecule has 0 saturated heterocycles. The molecule has 0 aromatic carbocycles. The van der Waals surface area contributed by atoms with Gasteiger partial charge in [-0.25, -0.2) is 15.0 Å². The van der Waals surface area contributed by atoms with E-state index < -0.39 is 0 Å². The minimum Gasteiger partial charge on any atom is -0.351 e. The summed E-state index contributed by atoms with van der Waals surface area (Å²) in [6.45, 7) is 8.55. The first-order valence-electron chi connectivity index (χ1n) is 9.97. The Balaban J connectivity index is 1.54. The quantitative estimate of drug-likeness (QED) is 0.538. The number of nitrogens with one attached hydrogen (secondary N) is 2. The van der Waals surface area contributed by atoms with Gasteiger partial charge in [0.2, 0.25) is 5.95 Å². The van der Waals surface area contributed by atoms with E-state index in [4.69, 9.17) is 0 Å². The van der Waals surface area contributed by atoms with Crippen LogP contribution in [0.5, 0.6) is 0 Å². The lowest BCUT2D eigenvalue weighted by molar-refractivity contribution is 0.600. The molecule has 1 fully saturated rings. The maximum Gasteiger partial charge on any atom is 0.224 e. The molecule has 4 aromatic heterocycles. The standard InChI is InChI=1S/C21H25N7/c1-11(2)28-13(4)26-20-18(28)7-15(8-22-20)16-9-23-19-17(16)10-24-21(27-19)25-12(3)14-5-6-14/h7-12,14H,5-6H2,1-4H3,(H2,23,24,25,27). The zero-order chi connectivity index (χ0) is 19.4. The monoisotopic (exact) mass is 375 g/mol. The maximum atomic E-state index is 4.67. The van der Waals surface area contributed by atoms with E-state index in [1.54, 1.807) is 0 Å². The lowest BCUT2D eigenvalue weighted by atomic mass is 10.1. The van der Waals surface area contributed by atoms with E-state index in [0.717, 1.165) is 45.1 Å². The van der Waals surface area contributed by atoms with Gasteiger partial charge in [-0.05, 0) is 52.5 Å². The summed E-state index contributed by atoms with van der Waals surface area (Å²) in [6, 6.07) is 2.90. The zero-order valence-corrected chi connectivity index (χ0v) is 16.7. The second-order valence-corrected chi connectivity index (χ2v) is 8.12. The topological polar surface area (TPSA) is 84.3 Å². The SMILES string of the molecule is Cc1nc2ncc(-c3c[nH]c4nc(NC(C)C5CC5)ncc34)cc2n1C(C)C. The van der Waals surface area contributed by atoms with Gasteiger partial charge in [-0.1, -0.05) is 0 Å². The first kappa shape index (κ1) is 17.2. The molecule has 0 spiro atoms. The van der Waals surface area contributed by atoms with Crippen molar-refractivity contribution in [2.45, 2.75) is 52.6 Å². The highest BCUT2D eigenvalue weighted by molar-refractivity contribution is 5.95. The molecule has 5 rings (SSSR count). The lowest BCUT2D eigenvalue weighted by Gasteiger charge is -2.12. The highest BCUT2D eigenvalue weighted by Crippen LogP contribution is 2.34. The van der Waals surface area contributed by atoms with Crippen molar-refractivity contribution < 1.29 is 0 Å². The number of hydrogen-bond acceptors (Lipinski definition) is 5. The van der Waals surface area contributed by atoms with Crippen LogP contribution >= 0.6 is 0 Å². The molecule has 7 heteroatoms. The average Bonchev–Trinajstić information content (AvgIpc) is 3.35. The number of aromatic nitrogens is 6. The van der Waals surface area contributed by atoms with E-state index in [0.29, 0.717) is 18.0 Å². The molecule has 28 heavy (non-hydrogen) atoms. The summed E-state index contributed by atoms with van der Waals surface area (Å²) in [7, 11) is 0. The maximum absolute atomic E-state index is 4.67. The van der Waals surface area contributed by atoms with E-state index in [-0.39, 0.29) is 0 Å². The van der Waals surface area contributed by atoms with Gasteiger partial charge in [0.15, 0.2) is 5.65 Å². The van der Waals surface area contributed by atoms with Crippen LogP contribution in [0.2, 0.25) is 0 Å². The first-order chi connectivity index (χ1) is 13.5. The van der Waals surface area contributed by atoms with Gasteiger partial charge >= 0.3 is 0 Å². The highest BCUT2D eigenvalue weighted by Gasteiger charge is 2.28. The minimum atomic E-state index is 0.329. The molecule has 0 bridgehead atoms. The smallest absolute Gasteiger partial charge is 0.224 e.